The predicted molar refractivity (Wildman–Crippen MR) is 76.5 cm³/mol. The Morgan fingerprint density at radius 3 is 2.95 bits per heavy atom. The van der Waals surface area contributed by atoms with E-state index in [1.807, 2.05) is 0 Å². The largest absolute Gasteiger partial charge is 0.368 e. The van der Waals surface area contributed by atoms with Gasteiger partial charge in [-0.1, -0.05) is 18.2 Å². The molecule has 1 aromatic carbocycles. The molecule has 0 aliphatic rings. The van der Waals surface area contributed by atoms with Crippen LogP contribution in [-0.2, 0) is 6.54 Å². The highest BCUT2D eigenvalue weighted by Crippen LogP contribution is 2.21. The van der Waals surface area contributed by atoms with E-state index in [0.717, 1.165) is 0 Å². The molecule has 9 heteroatoms. The molecule has 21 heavy (non-hydrogen) atoms. The van der Waals surface area contributed by atoms with Crippen LogP contribution in [0, 0.1) is 10.1 Å². The Labute approximate surface area is 118 Å². The van der Waals surface area contributed by atoms with E-state index in [0.29, 0.717) is 22.5 Å². The number of nitrogens with two attached hydrogens (primary N) is 1. The number of benzene rings is 1. The van der Waals surface area contributed by atoms with Crippen molar-refractivity contribution in [1.82, 2.24) is 19.9 Å². The van der Waals surface area contributed by atoms with Crippen molar-refractivity contribution in [1.29, 1.82) is 0 Å². The summed E-state index contributed by atoms with van der Waals surface area (Å²) in [6, 6.07) is 6.50. The van der Waals surface area contributed by atoms with Crippen LogP contribution in [0.5, 0.6) is 0 Å². The number of anilines is 2. The Balaban J connectivity index is 1.90. The Morgan fingerprint density at radius 2 is 2.14 bits per heavy atom. The van der Waals surface area contributed by atoms with Crippen molar-refractivity contribution in [3.05, 3.63) is 46.3 Å². The van der Waals surface area contributed by atoms with Gasteiger partial charge in [-0.2, -0.15) is 9.97 Å². The third-order valence-electron chi connectivity index (χ3n) is 2.94. The Hall–Kier alpha value is -3.23. The lowest BCUT2D eigenvalue weighted by Gasteiger charge is -2.07. The van der Waals surface area contributed by atoms with Crippen LogP contribution in [0.4, 0.5) is 17.5 Å². The number of H-pyrrole nitrogens is 1. The van der Waals surface area contributed by atoms with Gasteiger partial charge in [-0.05, 0) is 0 Å². The van der Waals surface area contributed by atoms with Gasteiger partial charge in [-0.3, -0.25) is 10.1 Å². The minimum atomic E-state index is -0.420. The van der Waals surface area contributed by atoms with Gasteiger partial charge in [0.2, 0.25) is 5.95 Å². The number of aromatic amines is 1. The Morgan fingerprint density at radius 1 is 1.33 bits per heavy atom. The molecule has 4 N–H and O–H groups in total. The number of hydrogen-bond donors (Lipinski definition) is 3. The number of fused-ring (bicyclic) bond motifs is 1. The molecule has 0 radical (unpaired) electrons. The van der Waals surface area contributed by atoms with E-state index in [4.69, 9.17) is 5.73 Å². The lowest BCUT2D eigenvalue weighted by Crippen LogP contribution is -2.07. The summed E-state index contributed by atoms with van der Waals surface area (Å²) in [6.45, 7) is 0.238. The molecule has 0 aliphatic carbocycles. The lowest BCUT2D eigenvalue weighted by molar-refractivity contribution is -0.385. The monoisotopic (exact) mass is 285 g/mol. The zero-order chi connectivity index (χ0) is 14.8. The molecule has 0 unspecified atom stereocenters. The van der Waals surface area contributed by atoms with Gasteiger partial charge in [0.25, 0.3) is 5.69 Å². The number of rotatable bonds is 4. The van der Waals surface area contributed by atoms with Gasteiger partial charge >= 0.3 is 0 Å². The number of para-hydroxylation sites is 1. The Bertz CT molecular complexity index is 814. The number of imidazole rings is 1. The van der Waals surface area contributed by atoms with Gasteiger partial charge in [-0.15, -0.1) is 0 Å². The molecule has 106 valence electrons. The zero-order valence-corrected chi connectivity index (χ0v) is 10.8. The van der Waals surface area contributed by atoms with Crippen LogP contribution >= 0.6 is 0 Å². The fourth-order valence-electron chi connectivity index (χ4n) is 2.00. The van der Waals surface area contributed by atoms with Crippen molar-refractivity contribution in [2.75, 3.05) is 11.1 Å². The highest BCUT2D eigenvalue weighted by atomic mass is 16.6. The second-order valence-corrected chi connectivity index (χ2v) is 4.27. The van der Waals surface area contributed by atoms with Gasteiger partial charge in [0.1, 0.15) is 5.52 Å². The normalized spacial score (nSPS) is 10.7. The summed E-state index contributed by atoms with van der Waals surface area (Å²) in [5, 5.41) is 14.0. The van der Waals surface area contributed by atoms with Crippen molar-refractivity contribution in [3.63, 3.8) is 0 Å². The first-order valence-electron chi connectivity index (χ1n) is 6.08. The van der Waals surface area contributed by atoms with Crippen LogP contribution in [0.3, 0.4) is 0 Å². The first-order valence-corrected chi connectivity index (χ1v) is 6.08. The number of hydrogen-bond acceptors (Lipinski definition) is 7. The smallest absolute Gasteiger partial charge is 0.274 e. The van der Waals surface area contributed by atoms with Gasteiger partial charge in [0.05, 0.1) is 11.3 Å². The maximum Gasteiger partial charge on any atom is 0.274 e. The molecule has 0 bridgehead atoms. The van der Waals surface area contributed by atoms with Crippen LogP contribution in [0.2, 0.25) is 0 Å². The number of nitro groups is 1. The van der Waals surface area contributed by atoms with Crippen molar-refractivity contribution >= 4 is 28.6 Å². The summed E-state index contributed by atoms with van der Waals surface area (Å²) >= 11 is 0. The topological polar surface area (TPSA) is 136 Å². The molecule has 0 saturated carbocycles. The van der Waals surface area contributed by atoms with Crippen LogP contribution in [0.15, 0.2) is 30.6 Å². The van der Waals surface area contributed by atoms with Crippen LogP contribution in [0.25, 0.3) is 11.2 Å². The van der Waals surface area contributed by atoms with Gasteiger partial charge < -0.3 is 16.0 Å². The minimum absolute atomic E-state index is 0.0490. The van der Waals surface area contributed by atoms with Crippen molar-refractivity contribution in [2.45, 2.75) is 6.54 Å². The average Bonchev–Trinajstić information content (AvgIpc) is 2.93. The van der Waals surface area contributed by atoms with E-state index < -0.39 is 4.92 Å². The second kappa shape index (κ2) is 5.04. The summed E-state index contributed by atoms with van der Waals surface area (Å²) in [7, 11) is 0. The lowest BCUT2D eigenvalue weighted by atomic mass is 10.2. The summed E-state index contributed by atoms with van der Waals surface area (Å²) in [5.74, 6) is 0.535. The van der Waals surface area contributed by atoms with E-state index in [9.17, 15) is 10.1 Å². The maximum atomic E-state index is 11.0. The molecule has 2 heterocycles. The van der Waals surface area contributed by atoms with Gasteiger partial charge in [0, 0.05) is 18.2 Å². The van der Waals surface area contributed by atoms with E-state index in [1.54, 1.807) is 18.2 Å². The number of nitro benzene ring substituents is 1. The molecule has 2 aromatic heterocycles. The third-order valence-corrected chi connectivity index (χ3v) is 2.94. The minimum Gasteiger partial charge on any atom is -0.368 e. The number of nitrogens with zero attached hydrogens (tertiary/aromatic N) is 4. The molecule has 0 saturated heterocycles. The fraction of sp³-hybridized carbons (Fsp3) is 0.0833. The summed E-state index contributed by atoms with van der Waals surface area (Å²) < 4.78 is 0. The summed E-state index contributed by atoms with van der Waals surface area (Å²) in [6.07, 6.45) is 1.48. The molecule has 0 fully saturated rings. The van der Waals surface area contributed by atoms with E-state index in [-0.39, 0.29) is 18.2 Å². The highest BCUT2D eigenvalue weighted by molar-refractivity contribution is 5.83. The van der Waals surface area contributed by atoms with Crippen molar-refractivity contribution < 1.29 is 4.92 Å². The van der Waals surface area contributed by atoms with E-state index in [1.165, 1.54) is 12.4 Å². The average molecular weight is 285 g/mol. The van der Waals surface area contributed by atoms with Crippen LogP contribution < -0.4 is 11.1 Å². The van der Waals surface area contributed by atoms with Gasteiger partial charge in [0.15, 0.2) is 11.5 Å². The van der Waals surface area contributed by atoms with Crippen molar-refractivity contribution in [2.24, 2.45) is 0 Å². The number of nitrogens with one attached hydrogen (secondary N) is 2. The zero-order valence-electron chi connectivity index (χ0n) is 10.8. The second-order valence-electron chi connectivity index (χ2n) is 4.27. The third kappa shape index (κ3) is 2.43. The molecular formula is C12H11N7O2. The van der Waals surface area contributed by atoms with Crippen LogP contribution in [0.1, 0.15) is 5.56 Å². The standard InChI is InChI=1S/C12H11N7O2/c13-12-17-10(9-11(18-12)16-6-15-9)14-5-7-3-1-2-4-8(7)19(20)21/h1-4,6H,5H2,(H4,13,14,15,16,17,18). The quantitative estimate of drug-likeness (QED) is 0.487. The Kier molecular flexibility index (Phi) is 3.07. The highest BCUT2D eigenvalue weighted by Gasteiger charge is 2.13. The summed E-state index contributed by atoms with van der Waals surface area (Å²) in [4.78, 5) is 25.5. The van der Waals surface area contributed by atoms with Crippen LogP contribution in [-0.4, -0.2) is 24.9 Å². The molecule has 0 atom stereocenters. The fourth-order valence-corrected chi connectivity index (χ4v) is 2.00. The SMILES string of the molecule is Nc1nc(NCc2ccccc2[N+](=O)[O-])c2[nH]cnc2n1. The van der Waals surface area contributed by atoms with Crippen molar-refractivity contribution in [3.8, 4) is 0 Å². The molecule has 9 nitrogen and oxygen atoms in total. The predicted octanol–water partition coefficient (Wildman–Crippen LogP) is 1.46. The number of aromatic nitrogens is 4. The van der Waals surface area contributed by atoms with E-state index >= 15 is 0 Å². The first-order chi connectivity index (χ1) is 10.1. The molecule has 3 aromatic rings. The summed E-state index contributed by atoms with van der Waals surface area (Å²) in [5.41, 5.74) is 7.24. The van der Waals surface area contributed by atoms with E-state index in [2.05, 4.69) is 25.3 Å². The molecular weight excluding hydrogens is 274 g/mol. The molecule has 0 amide bonds. The van der Waals surface area contributed by atoms with Gasteiger partial charge in [-0.25, -0.2) is 4.98 Å². The molecule has 0 aliphatic heterocycles. The first kappa shape index (κ1) is 12.8. The molecule has 3 rings (SSSR count). The number of nitrogen functional groups attached to an aromatic ring is 1. The molecule has 0 spiro atoms. The maximum absolute atomic E-state index is 11.0.